The zero-order valence-corrected chi connectivity index (χ0v) is 18.8. The van der Waals surface area contributed by atoms with Gasteiger partial charge >= 0.3 is 0 Å². The van der Waals surface area contributed by atoms with Gasteiger partial charge in [-0.2, -0.15) is 0 Å². The van der Waals surface area contributed by atoms with Gasteiger partial charge in [-0.05, 0) is 37.3 Å². The molecule has 0 aliphatic rings. The molecular formula is C25H16Cl2N2OS. The largest absolute Gasteiger partial charge is 0.438 e. The third kappa shape index (κ3) is 4.15. The van der Waals surface area contributed by atoms with Crippen molar-refractivity contribution in [3.8, 4) is 21.8 Å². The summed E-state index contributed by atoms with van der Waals surface area (Å²) in [4.78, 5) is 9.59. The maximum Gasteiger partial charge on any atom is 0.230 e. The maximum absolute atomic E-state index is 6.18. The normalized spacial score (nSPS) is 11.9. The SMILES string of the molecule is Cc1ccc(-c2csc(-c3cc4ccccc4oc3=Nc3ccc(Cl)c(Cl)c3)n2)cc1. The Morgan fingerprint density at radius 2 is 1.71 bits per heavy atom. The number of hydrogen-bond donors (Lipinski definition) is 0. The summed E-state index contributed by atoms with van der Waals surface area (Å²) in [5.74, 6) is 0. The molecule has 5 aromatic rings. The number of halogens is 2. The number of thiazole rings is 1. The van der Waals surface area contributed by atoms with Crippen molar-refractivity contribution in [1.29, 1.82) is 0 Å². The van der Waals surface area contributed by atoms with E-state index in [-0.39, 0.29) is 0 Å². The first-order valence-corrected chi connectivity index (χ1v) is 11.3. The fourth-order valence-electron chi connectivity index (χ4n) is 3.23. The van der Waals surface area contributed by atoms with Crippen LogP contribution in [0.3, 0.4) is 0 Å². The lowest BCUT2D eigenvalue weighted by molar-refractivity contribution is 0.547. The highest BCUT2D eigenvalue weighted by Crippen LogP contribution is 2.30. The van der Waals surface area contributed by atoms with E-state index in [1.54, 1.807) is 23.5 Å². The average Bonchev–Trinajstić information content (AvgIpc) is 3.26. The number of nitrogens with zero attached hydrogens (tertiary/aromatic N) is 2. The minimum Gasteiger partial charge on any atom is -0.438 e. The standard InChI is InChI=1S/C25H16Cl2N2OS/c1-15-6-8-16(9-7-15)22-14-31-25(29-22)19-12-17-4-2-3-5-23(17)30-24(19)28-18-10-11-20(26)21(27)13-18/h2-14H,1H3. The summed E-state index contributed by atoms with van der Waals surface area (Å²) in [7, 11) is 0. The molecule has 3 nitrogen and oxygen atoms in total. The Bertz CT molecular complexity index is 1470. The van der Waals surface area contributed by atoms with Crippen LogP contribution >= 0.6 is 34.5 Å². The van der Waals surface area contributed by atoms with E-state index < -0.39 is 0 Å². The third-order valence-corrected chi connectivity index (χ3v) is 6.49. The second kappa shape index (κ2) is 8.31. The van der Waals surface area contributed by atoms with Crippen LogP contribution in [0.1, 0.15) is 5.56 Å². The molecule has 5 rings (SSSR count). The molecule has 0 atom stereocenters. The fraction of sp³-hybridized carbons (Fsp3) is 0.0400. The van der Waals surface area contributed by atoms with E-state index in [0.717, 1.165) is 32.8 Å². The van der Waals surface area contributed by atoms with Crippen LogP contribution in [0.15, 0.2) is 87.6 Å². The molecule has 31 heavy (non-hydrogen) atoms. The summed E-state index contributed by atoms with van der Waals surface area (Å²) in [6.07, 6.45) is 0. The molecule has 0 bridgehead atoms. The molecule has 0 saturated heterocycles. The first-order valence-electron chi connectivity index (χ1n) is 9.62. The van der Waals surface area contributed by atoms with Crippen LogP contribution in [0, 0.1) is 6.92 Å². The van der Waals surface area contributed by atoms with Crippen LogP contribution in [0.25, 0.3) is 32.8 Å². The van der Waals surface area contributed by atoms with Crippen molar-refractivity contribution in [1.82, 2.24) is 4.98 Å². The quantitative estimate of drug-likeness (QED) is 0.271. The zero-order valence-electron chi connectivity index (χ0n) is 16.5. The predicted octanol–water partition coefficient (Wildman–Crippen LogP) is 8.07. The molecule has 2 heterocycles. The molecule has 0 unspecified atom stereocenters. The molecule has 0 aliphatic heterocycles. The average molecular weight is 463 g/mol. The van der Waals surface area contributed by atoms with Crippen molar-refractivity contribution >= 4 is 51.2 Å². The first-order chi connectivity index (χ1) is 15.1. The molecule has 0 radical (unpaired) electrons. The summed E-state index contributed by atoms with van der Waals surface area (Å²) < 4.78 is 6.18. The van der Waals surface area contributed by atoms with E-state index in [1.165, 1.54) is 5.56 Å². The van der Waals surface area contributed by atoms with Gasteiger partial charge in [0.2, 0.25) is 5.55 Å². The van der Waals surface area contributed by atoms with Gasteiger partial charge < -0.3 is 4.42 Å². The number of hydrogen-bond acceptors (Lipinski definition) is 4. The Hall–Kier alpha value is -2.92. The molecule has 6 heteroatoms. The number of para-hydroxylation sites is 1. The van der Waals surface area contributed by atoms with Crippen molar-refractivity contribution in [2.24, 2.45) is 4.99 Å². The lowest BCUT2D eigenvalue weighted by Gasteiger charge is -2.03. The molecule has 2 aromatic heterocycles. The maximum atomic E-state index is 6.18. The number of aryl methyl sites for hydroxylation is 1. The Balaban J connectivity index is 1.69. The van der Waals surface area contributed by atoms with Gasteiger partial charge in [0.25, 0.3) is 0 Å². The number of fused-ring (bicyclic) bond motifs is 1. The van der Waals surface area contributed by atoms with Gasteiger partial charge in [-0.1, -0.05) is 71.2 Å². The molecular weight excluding hydrogens is 447 g/mol. The lowest BCUT2D eigenvalue weighted by Crippen LogP contribution is -2.05. The Morgan fingerprint density at radius 1 is 0.903 bits per heavy atom. The molecule has 152 valence electrons. The fourth-order valence-corrected chi connectivity index (χ4v) is 4.36. The second-order valence-electron chi connectivity index (χ2n) is 7.12. The highest BCUT2D eigenvalue weighted by molar-refractivity contribution is 7.13. The zero-order chi connectivity index (χ0) is 21.4. The van der Waals surface area contributed by atoms with Gasteiger partial charge in [0.05, 0.1) is 27.0 Å². The van der Waals surface area contributed by atoms with Crippen molar-refractivity contribution in [3.05, 3.63) is 99.3 Å². The minimum absolute atomic E-state index is 0.446. The van der Waals surface area contributed by atoms with E-state index in [4.69, 9.17) is 37.6 Å². The van der Waals surface area contributed by atoms with Gasteiger partial charge in [0, 0.05) is 16.3 Å². The van der Waals surface area contributed by atoms with Gasteiger partial charge in [-0.25, -0.2) is 9.98 Å². The van der Waals surface area contributed by atoms with Crippen LogP contribution < -0.4 is 5.55 Å². The monoisotopic (exact) mass is 462 g/mol. The lowest BCUT2D eigenvalue weighted by atomic mass is 10.1. The number of aromatic nitrogens is 1. The Morgan fingerprint density at radius 3 is 2.52 bits per heavy atom. The van der Waals surface area contributed by atoms with Crippen LogP contribution in [-0.2, 0) is 0 Å². The van der Waals surface area contributed by atoms with E-state index in [0.29, 0.717) is 21.3 Å². The van der Waals surface area contributed by atoms with E-state index >= 15 is 0 Å². The van der Waals surface area contributed by atoms with E-state index in [9.17, 15) is 0 Å². The molecule has 3 aromatic carbocycles. The number of benzene rings is 3. The summed E-state index contributed by atoms with van der Waals surface area (Å²) in [5, 5.41) is 4.81. The van der Waals surface area contributed by atoms with E-state index in [2.05, 4.69) is 42.6 Å². The van der Waals surface area contributed by atoms with Gasteiger partial charge in [0.1, 0.15) is 10.6 Å². The predicted molar refractivity (Wildman–Crippen MR) is 129 cm³/mol. The van der Waals surface area contributed by atoms with Crippen molar-refractivity contribution in [3.63, 3.8) is 0 Å². The second-order valence-corrected chi connectivity index (χ2v) is 8.79. The molecule has 0 aliphatic carbocycles. The van der Waals surface area contributed by atoms with Crippen LogP contribution in [0.5, 0.6) is 0 Å². The third-order valence-electron chi connectivity index (χ3n) is 4.87. The molecule has 0 amide bonds. The number of rotatable bonds is 3. The van der Waals surface area contributed by atoms with Gasteiger partial charge in [0.15, 0.2) is 0 Å². The van der Waals surface area contributed by atoms with Crippen LogP contribution in [0.4, 0.5) is 5.69 Å². The first kappa shape index (κ1) is 20.0. The highest BCUT2D eigenvalue weighted by Gasteiger charge is 2.12. The van der Waals surface area contributed by atoms with Crippen molar-refractivity contribution in [2.75, 3.05) is 0 Å². The molecule has 0 saturated carbocycles. The van der Waals surface area contributed by atoms with Crippen LogP contribution in [0.2, 0.25) is 10.0 Å². The van der Waals surface area contributed by atoms with Gasteiger partial charge in [-0.15, -0.1) is 11.3 Å². The Labute approximate surface area is 193 Å². The molecule has 0 N–H and O–H groups in total. The van der Waals surface area contributed by atoms with Crippen molar-refractivity contribution in [2.45, 2.75) is 6.92 Å². The molecule has 0 spiro atoms. The highest BCUT2D eigenvalue weighted by atomic mass is 35.5. The smallest absolute Gasteiger partial charge is 0.230 e. The summed E-state index contributed by atoms with van der Waals surface area (Å²) in [5.41, 5.74) is 5.93. The summed E-state index contributed by atoms with van der Waals surface area (Å²) in [6, 6.07) is 23.5. The summed E-state index contributed by atoms with van der Waals surface area (Å²) >= 11 is 13.8. The van der Waals surface area contributed by atoms with Crippen molar-refractivity contribution < 1.29 is 4.42 Å². The molecule has 0 fully saturated rings. The summed E-state index contributed by atoms with van der Waals surface area (Å²) in [6.45, 7) is 2.07. The van der Waals surface area contributed by atoms with Crippen LogP contribution in [-0.4, -0.2) is 4.98 Å². The topological polar surface area (TPSA) is 38.4 Å². The van der Waals surface area contributed by atoms with E-state index in [1.807, 2.05) is 30.3 Å². The van der Waals surface area contributed by atoms with Gasteiger partial charge in [-0.3, -0.25) is 0 Å². The Kier molecular flexibility index (Phi) is 5.36. The minimum atomic E-state index is 0.446.